The van der Waals surface area contributed by atoms with Crippen molar-refractivity contribution >= 4 is 23.9 Å². The normalized spacial score (nSPS) is 10.2. The fourth-order valence-electron chi connectivity index (χ4n) is 2.06. The maximum Gasteiger partial charge on any atom is 0.327 e. The molecule has 0 fully saturated rings. The van der Waals surface area contributed by atoms with Crippen molar-refractivity contribution in [3.8, 4) is 0 Å². The summed E-state index contributed by atoms with van der Waals surface area (Å²) in [5.74, 6) is -5.60. The third-order valence-electron chi connectivity index (χ3n) is 3.38. The van der Waals surface area contributed by atoms with Gasteiger partial charge in [-0.25, -0.2) is 0 Å². The molecule has 0 aliphatic rings. The first-order chi connectivity index (χ1) is 12.5. The first-order valence-corrected chi connectivity index (χ1v) is 7.85. The van der Waals surface area contributed by atoms with Crippen molar-refractivity contribution < 1.29 is 28.7 Å². The van der Waals surface area contributed by atoms with E-state index in [0.717, 1.165) is 0 Å². The van der Waals surface area contributed by atoms with E-state index in [4.69, 9.17) is 0 Å². The molecule has 0 atom stereocenters. The summed E-state index contributed by atoms with van der Waals surface area (Å²) in [5.41, 5.74) is 1.32. The average Bonchev–Trinajstić information content (AvgIpc) is 2.62. The van der Waals surface area contributed by atoms with Crippen molar-refractivity contribution in [2.45, 2.75) is 12.8 Å². The molecule has 1 radical (unpaired) electrons. The van der Waals surface area contributed by atoms with Crippen molar-refractivity contribution in [2.24, 2.45) is 5.92 Å². The van der Waals surface area contributed by atoms with Crippen LogP contribution in [0, 0.1) is 12.8 Å². The van der Waals surface area contributed by atoms with Crippen LogP contribution in [-0.2, 0) is 41.5 Å². The molecular formula is C20H17O6. The van der Waals surface area contributed by atoms with Gasteiger partial charge in [-0.2, -0.15) is 0 Å². The fourth-order valence-corrected chi connectivity index (χ4v) is 2.06. The second-order valence-electron chi connectivity index (χ2n) is 5.46. The van der Waals surface area contributed by atoms with E-state index in [1.54, 1.807) is 60.7 Å². The molecule has 26 heavy (non-hydrogen) atoms. The van der Waals surface area contributed by atoms with Gasteiger partial charge < -0.3 is 9.47 Å². The van der Waals surface area contributed by atoms with Gasteiger partial charge in [-0.1, -0.05) is 60.7 Å². The highest BCUT2D eigenvalue weighted by Crippen LogP contribution is 2.07. The first-order valence-electron chi connectivity index (χ1n) is 7.85. The number of rotatable bonds is 6. The quantitative estimate of drug-likeness (QED) is 0.584. The molecule has 0 bridgehead atoms. The molecule has 0 saturated carbocycles. The molecule has 6 heteroatoms. The lowest BCUT2D eigenvalue weighted by atomic mass is 10.1. The average molecular weight is 353 g/mol. The number of esters is 4. The minimum absolute atomic E-state index is 0.124. The van der Waals surface area contributed by atoms with Crippen LogP contribution in [-0.4, -0.2) is 23.9 Å². The van der Waals surface area contributed by atoms with Gasteiger partial charge in [-0.3, -0.25) is 19.2 Å². The Hall–Kier alpha value is -3.28. The van der Waals surface area contributed by atoms with Gasteiger partial charge >= 0.3 is 23.9 Å². The molecule has 0 spiro atoms. The van der Waals surface area contributed by atoms with Crippen molar-refractivity contribution in [1.82, 2.24) is 0 Å². The molecule has 133 valence electrons. The number of hydrogen-bond donors (Lipinski definition) is 0. The highest BCUT2D eigenvalue weighted by Gasteiger charge is 2.28. The van der Waals surface area contributed by atoms with Gasteiger partial charge in [0.05, 0.1) is 12.8 Å². The van der Waals surface area contributed by atoms with E-state index in [0.29, 0.717) is 11.1 Å². The van der Waals surface area contributed by atoms with E-state index in [2.05, 4.69) is 16.4 Å². The van der Waals surface area contributed by atoms with Crippen LogP contribution in [0.25, 0.3) is 0 Å². The lowest BCUT2D eigenvalue weighted by molar-refractivity contribution is -0.168. The summed E-state index contributed by atoms with van der Waals surface area (Å²) < 4.78 is 9.17. The van der Waals surface area contributed by atoms with E-state index in [1.165, 1.54) is 0 Å². The van der Waals surface area contributed by atoms with Gasteiger partial charge in [0, 0.05) is 0 Å². The molecule has 0 saturated heterocycles. The monoisotopic (exact) mass is 353 g/mol. The number of carbonyl (C=O) groups is 4. The Labute approximate surface area is 150 Å². The number of hydrogen-bond acceptors (Lipinski definition) is 6. The van der Waals surface area contributed by atoms with Crippen LogP contribution >= 0.6 is 0 Å². The highest BCUT2D eigenvalue weighted by molar-refractivity contribution is 6.02. The van der Waals surface area contributed by atoms with Gasteiger partial charge in [-0.15, -0.1) is 0 Å². The summed E-state index contributed by atoms with van der Waals surface area (Å²) in [6.07, 6.45) is -0.247. The van der Waals surface area contributed by atoms with Gasteiger partial charge in [0.15, 0.2) is 5.92 Å². The molecule has 0 aliphatic carbocycles. The molecule has 0 aliphatic heterocycles. The largest absolute Gasteiger partial charge is 0.392 e. The van der Waals surface area contributed by atoms with Crippen LogP contribution in [0.4, 0.5) is 0 Å². The summed E-state index contributed by atoms with van der Waals surface area (Å²) in [5, 5.41) is 0. The van der Waals surface area contributed by atoms with Crippen molar-refractivity contribution in [2.75, 3.05) is 0 Å². The summed E-state index contributed by atoms with van der Waals surface area (Å²) in [6, 6.07) is 17.3. The third kappa shape index (κ3) is 5.98. The zero-order valence-electron chi connectivity index (χ0n) is 13.9. The van der Waals surface area contributed by atoms with E-state index >= 15 is 0 Å². The SMILES string of the molecule is [CH2]C(C(=O)OC(=O)Cc1ccccc1)C(=O)OC(=O)Cc1ccccc1. The van der Waals surface area contributed by atoms with Crippen LogP contribution in [0.5, 0.6) is 0 Å². The zero-order valence-corrected chi connectivity index (χ0v) is 13.9. The van der Waals surface area contributed by atoms with Crippen LogP contribution in [0.1, 0.15) is 11.1 Å². The van der Waals surface area contributed by atoms with Crippen molar-refractivity contribution in [3.05, 3.63) is 78.7 Å². The Morgan fingerprint density at radius 3 is 1.38 bits per heavy atom. The van der Waals surface area contributed by atoms with E-state index in [1.807, 2.05) is 0 Å². The van der Waals surface area contributed by atoms with Crippen molar-refractivity contribution in [3.63, 3.8) is 0 Å². The predicted octanol–water partition coefficient (Wildman–Crippen LogP) is 2.06. The lowest BCUT2D eigenvalue weighted by Crippen LogP contribution is -2.30. The third-order valence-corrected chi connectivity index (χ3v) is 3.38. The molecule has 0 amide bonds. The maximum absolute atomic E-state index is 11.8. The maximum atomic E-state index is 11.8. The topological polar surface area (TPSA) is 86.7 Å². The molecule has 2 rings (SSSR count). The molecule has 2 aromatic rings. The van der Waals surface area contributed by atoms with Crippen LogP contribution in [0.2, 0.25) is 0 Å². The Morgan fingerprint density at radius 1 is 0.692 bits per heavy atom. The Morgan fingerprint density at radius 2 is 1.04 bits per heavy atom. The molecule has 0 unspecified atom stereocenters. The minimum atomic E-state index is -1.63. The van der Waals surface area contributed by atoms with Crippen LogP contribution in [0.15, 0.2) is 60.7 Å². The van der Waals surface area contributed by atoms with Gasteiger partial charge in [-0.05, 0) is 18.1 Å². The Kier molecular flexibility index (Phi) is 6.79. The summed E-state index contributed by atoms with van der Waals surface area (Å²) >= 11 is 0. The second kappa shape index (κ2) is 9.27. The summed E-state index contributed by atoms with van der Waals surface area (Å²) in [4.78, 5) is 47.1. The van der Waals surface area contributed by atoms with E-state index in [9.17, 15) is 19.2 Å². The van der Waals surface area contributed by atoms with Gasteiger partial charge in [0.25, 0.3) is 0 Å². The predicted molar refractivity (Wildman–Crippen MR) is 91.3 cm³/mol. The smallest absolute Gasteiger partial charge is 0.327 e. The van der Waals surface area contributed by atoms with Crippen molar-refractivity contribution in [1.29, 1.82) is 0 Å². The second-order valence-corrected chi connectivity index (χ2v) is 5.46. The van der Waals surface area contributed by atoms with Crippen LogP contribution in [0.3, 0.4) is 0 Å². The molecule has 6 nitrogen and oxygen atoms in total. The van der Waals surface area contributed by atoms with E-state index < -0.39 is 29.8 Å². The zero-order chi connectivity index (χ0) is 18.9. The lowest BCUT2D eigenvalue weighted by Gasteiger charge is -2.09. The Bertz CT molecular complexity index is 715. The van der Waals surface area contributed by atoms with Gasteiger partial charge in [0.1, 0.15) is 0 Å². The number of carbonyl (C=O) groups excluding carboxylic acids is 4. The molecule has 0 heterocycles. The number of benzene rings is 2. The van der Waals surface area contributed by atoms with E-state index in [-0.39, 0.29) is 12.8 Å². The van der Waals surface area contributed by atoms with Gasteiger partial charge in [0.2, 0.25) is 0 Å². The Balaban J connectivity index is 1.81. The molecule has 2 aromatic carbocycles. The summed E-state index contributed by atoms with van der Waals surface area (Å²) in [7, 11) is 0. The highest BCUT2D eigenvalue weighted by atomic mass is 16.6. The fraction of sp³-hybridized carbons (Fsp3) is 0.150. The van der Waals surface area contributed by atoms with Crippen LogP contribution < -0.4 is 0 Å². The molecule has 0 aromatic heterocycles. The first kappa shape index (κ1) is 19.1. The summed E-state index contributed by atoms with van der Waals surface area (Å²) in [6.45, 7) is 3.30. The number of ether oxygens (including phenoxy) is 2. The molecule has 0 N–H and O–H groups in total. The molecular weight excluding hydrogens is 336 g/mol. The standard InChI is InChI=1S/C20H17O6/c1-14(19(23)25-17(21)12-15-8-4-2-5-9-15)20(24)26-18(22)13-16-10-6-3-7-11-16/h2-11,14H,1,12-13H2. The minimum Gasteiger partial charge on any atom is -0.392 e.